The van der Waals surface area contributed by atoms with E-state index in [4.69, 9.17) is 0 Å². The zero-order valence-electron chi connectivity index (χ0n) is 11.3. The van der Waals surface area contributed by atoms with Crippen LogP contribution in [0.4, 0.5) is 0 Å². The smallest absolute Gasteiger partial charge is 0.235 e. The minimum Gasteiger partial charge on any atom is -0.352 e. The number of carbonyl (C=O) groups excluding carboxylic acids is 1. The molecule has 1 saturated carbocycles. The summed E-state index contributed by atoms with van der Waals surface area (Å²) in [7, 11) is -3.37. The van der Waals surface area contributed by atoms with Crippen LogP contribution in [-0.2, 0) is 21.2 Å². The highest BCUT2D eigenvalue weighted by molar-refractivity contribution is 7.89. The lowest BCUT2D eigenvalue weighted by Gasteiger charge is -2.07. The summed E-state index contributed by atoms with van der Waals surface area (Å²) in [6, 6.07) is 10.0. The maximum absolute atomic E-state index is 11.7. The van der Waals surface area contributed by atoms with E-state index in [9.17, 15) is 13.2 Å². The van der Waals surface area contributed by atoms with Crippen molar-refractivity contribution in [3.05, 3.63) is 35.9 Å². The summed E-state index contributed by atoms with van der Waals surface area (Å²) in [5.41, 5.74) is 1.12. The van der Waals surface area contributed by atoms with Gasteiger partial charge in [-0.2, -0.15) is 0 Å². The molecule has 20 heavy (non-hydrogen) atoms. The van der Waals surface area contributed by atoms with Crippen LogP contribution in [0.3, 0.4) is 0 Å². The van der Waals surface area contributed by atoms with Gasteiger partial charge < -0.3 is 5.32 Å². The number of nitrogens with one attached hydrogen (secondary N) is 2. The third kappa shape index (κ3) is 5.71. The minimum absolute atomic E-state index is 0.0403. The Bertz CT molecular complexity index is 539. The van der Waals surface area contributed by atoms with Gasteiger partial charge in [0.15, 0.2) is 0 Å². The van der Waals surface area contributed by atoms with Gasteiger partial charge >= 0.3 is 0 Å². The van der Waals surface area contributed by atoms with Crippen molar-refractivity contribution in [2.24, 2.45) is 0 Å². The van der Waals surface area contributed by atoms with Crippen LogP contribution < -0.4 is 10.0 Å². The molecule has 0 heterocycles. The summed E-state index contributed by atoms with van der Waals surface area (Å²) in [5, 5.41) is 2.74. The fourth-order valence-corrected chi connectivity index (χ4v) is 2.88. The molecule has 0 radical (unpaired) electrons. The lowest BCUT2D eigenvalue weighted by atomic mass is 10.1. The maximum Gasteiger partial charge on any atom is 0.235 e. The molecule has 1 fully saturated rings. The van der Waals surface area contributed by atoms with Crippen LogP contribution in [0.5, 0.6) is 0 Å². The zero-order chi connectivity index (χ0) is 14.4. The highest BCUT2D eigenvalue weighted by Crippen LogP contribution is 2.18. The molecule has 2 N–H and O–H groups in total. The fraction of sp³-hybridized carbons (Fsp3) is 0.500. The molecule has 0 aromatic heterocycles. The van der Waals surface area contributed by atoms with E-state index in [1.807, 2.05) is 30.3 Å². The Labute approximate surface area is 119 Å². The van der Waals surface area contributed by atoms with Crippen LogP contribution >= 0.6 is 0 Å². The van der Waals surface area contributed by atoms with Crippen LogP contribution in [0.2, 0.25) is 0 Å². The highest BCUT2D eigenvalue weighted by Gasteiger charge is 2.23. The number of benzene rings is 1. The SMILES string of the molecule is O=C(CNS(=O)(=O)CCCc1ccccc1)NC1CC1. The molecule has 0 saturated heterocycles. The van der Waals surface area contributed by atoms with E-state index in [1.165, 1.54) is 0 Å². The van der Waals surface area contributed by atoms with Crippen molar-refractivity contribution in [1.29, 1.82) is 0 Å². The predicted molar refractivity (Wildman–Crippen MR) is 77.7 cm³/mol. The average molecular weight is 296 g/mol. The van der Waals surface area contributed by atoms with Crippen molar-refractivity contribution in [3.63, 3.8) is 0 Å². The lowest BCUT2D eigenvalue weighted by Crippen LogP contribution is -2.38. The second kappa shape index (κ2) is 6.85. The van der Waals surface area contributed by atoms with Gasteiger partial charge in [-0.25, -0.2) is 13.1 Å². The monoisotopic (exact) mass is 296 g/mol. The molecular formula is C14H20N2O3S. The molecule has 0 unspecified atom stereocenters. The van der Waals surface area contributed by atoms with Crippen LogP contribution in [0.25, 0.3) is 0 Å². The highest BCUT2D eigenvalue weighted by atomic mass is 32.2. The van der Waals surface area contributed by atoms with E-state index in [2.05, 4.69) is 10.0 Å². The standard InChI is InChI=1S/C14H20N2O3S/c17-14(16-13-8-9-13)11-15-20(18,19)10-4-7-12-5-2-1-3-6-12/h1-3,5-6,13,15H,4,7-11H2,(H,16,17). The summed E-state index contributed by atoms with van der Waals surface area (Å²) in [4.78, 5) is 11.4. The summed E-state index contributed by atoms with van der Waals surface area (Å²) in [6.07, 6.45) is 3.25. The zero-order valence-corrected chi connectivity index (χ0v) is 12.2. The number of rotatable bonds is 8. The minimum atomic E-state index is -3.37. The second-order valence-electron chi connectivity index (χ2n) is 5.07. The number of hydrogen-bond donors (Lipinski definition) is 2. The molecule has 0 spiro atoms. The first-order valence-corrected chi connectivity index (χ1v) is 8.51. The Morgan fingerprint density at radius 3 is 2.55 bits per heavy atom. The summed E-state index contributed by atoms with van der Waals surface area (Å²) in [5.74, 6) is -0.211. The normalized spacial score (nSPS) is 15.0. The Kier molecular flexibility index (Phi) is 5.14. The van der Waals surface area contributed by atoms with Crippen LogP contribution in [0.1, 0.15) is 24.8 Å². The number of carbonyl (C=O) groups is 1. The topological polar surface area (TPSA) is 75.3 Å². The van der Waals surface area contributed by atoms with Gasteiger partial charge in [-0.05, 0) is 31.2 Å². The van der Waals surface area contributed by atoms with E-state index in [0.717, 1.165) is 24.8 Å². The van der Waals surface area contributed by atoms with Crippen molar-refractivity contribution in [2.45, 2.75) is 31.7 Å². The lowest BCUT2D eigenvalue weighted by molar-refractivity contribution is -0.120. The van der Waals surface area contributed by atoms with Gasteiger partial charge in [-0.3, -0.25) is 4.79 Å². The van der Waals surface area contributed by atoms with Crippen LogP contribution in [0.15, 0.2) is 30.3 Å². The summed E-state index contributed by atoms with van der Waals surface area (Å²) < 4.78 is 25.8. The van der Waals surface area contributed by atoms with Gasteiger partial charge in [0.05, 0.1) is 12.3 Å². The first-order valence-electron chi connectivity index (χ1n) is 6.86. The number of sulfonamides is 1. The summed E-state index contributed by atoms with van der Waals surface area (Å²) in [6.45, 7) is -0.163. The molecule has 1 aliphatic carbocycles. The molecule has 5 nitrogen and oxygen atoms in total. The molecular weight excluding hydrogens is 276 g/mol. The summed E-state index contributed by atoms with van der Waals surface area (Å²) >= 11 is 0. The van der Waals surface area contributed by atoms with Crippen LogP contribution in [0, 0.1) is 0 Å². The van der Waals surface area contributed by atoms with Crippen molar-refractivity contribution in [3.8, 4) is 0 Å². The van der Waals surface area contributed by atoms with Gasteiger partial charge in [0.25, 0.3) is 0 Å². The van der Waals surface area contributed by atoms with Gasteiger partial charge in [0.2, 0.25) is 15.9 Å². The molecule has 1 amide bonds. The molecule has 0 bridgehead atoms. The van der Waals surface area contributed by atoms with E-state index < -0.39 is 10.0 Å². The Balaban J connectivity index is 1.66. The molecule has 0 atom stereocenters. The predicted octanol–water partition coefficient (Wildman–Crippen LogP) is 0.817. The third-order valence-electron chi connectivity index (χ3n) is 3.12. The van der Waals surface area contributed by atoms with E-state index >= 15 is 0 Å². The molecule has 1 aromatic carbocycles. The van der Waals surface area contributed by atoms with E-state index in [1.54, 1.807) is 0 Å². The van der Waals surface area contributed by atoms with Crippen molar-refractivity contribution in [1.82, 2.24) is 10.0 Å². The molecule has 110 valence electrons. The second-order valence-corrected chi connectivity index (χ2v) is 7.00. The van der Waals surface area contributed by atoms with Crippen molar-refractivity contribution in [2.75, 3.05) is 12.3 Å². The number of hydrogen-bond acceptors (Lipinski definition) is 3. The Morgan fingerprint density at radius 1 is 1.20 bits per heavy atom. The Morgan fingerprint density at radius 2 is 1.90 bits per heavy atom. The molecule has 1 aromatic rings. The van der Waals surface area contributed by atoms with Gasteiger partial charge in [-0.1, -0.05) is 30.3 Å². The maximum atomic E-state index is 11.7. The molecule has 2 rings (SSSR count). The fourth-order valence-electron chi connectivity index (χ4n) is 1.87. The largest absolute Gasteiger partial charge is 0.352 e. The van der Waals surface area contributed by atoms with Crippen molar-refractivity contribution >= 4 is 15.9 Å². The van der Waals surface area contributed by atoms with E-state index in [-0.39, 0.29) is 24.2 Å². The Hall–Kier alpha value is -1.40. The van der Waals surface area contributed by atoms with E-state index in [0.29, 0.717) is 6.42 Å². The number of amides is 1. The molecule has 6 heteroatoms. The van der Waals surface area contributed by atoms with Gasteiger partial charge in [0, 0.05) is 6.04 Å². The van der Waals surface area contributed by atoms with Gasteiger partial charge in [0.1, 0.15) is 0 Å². The molecule has 1 aliphatic rings. The van der Waals surface area contributed by atoms with Gasteiger partial charge in [-0.15, -0.1) is 0 Å². The van der Waals surface area contributed by atoms with Crippen molar-refractivity contribution < 1.29 is 13.2 Å². The molecule has 0 aliphatic heterocycles. The quantitative estimate of drug-likeness (QED) is 0.745. The first kappa shape index (κ1) is 15.0. The first-order chi connectivity index (χ1) is 9.55. The number of aryl methyl sites for hydroxylation is 1. The third-order valence-corrected chi connectivity index (χ3v) is 4.53. The van der Waals surface area contributed by atoms with Crippen LogP contribution in [-0.4, -0.2) is 32.7 Å². The average Bonchev–Trinajstić information content (AvgIpc) is 3.22.